The van der Waals surface area contributed by atoms with Gasteiger partial charge >= 0.3 is 0 Å². The van der Waals surface area contributed by atoms with Crippen molar-refractivity contribution in [1.82, 2.24) is 5.32 Å². The van der Waals surface area contributed by atoms with E-state index in [4.69, 9.17) is 17.0 Å². The van der Waals surface area contributed by atoms with Gasteiger partial charge in [-0.1, -0.05) is 12.1 Å². The molecule has 0 saturated carbocycles. The third-order valence-electron chi connectivity index (χ3n) is 3.61. The number of methoxy groups -OCH3 is 1. The average Bonchev–Trinajstić information content (AvgIpc) is 2.80. The van der Waals surface area contributed by atoms with E-state index in [2.05, 4.69) is 16.7 Å². The lowest BCUT2D eigenvalue weighted by Crippen LogP contribution is -2.34. The molecule has 0 saturated heterocycles. The molecule has 0 aliphatic heterocycles. The molecular weight excluding hydrogens is 342 g/mol. The van der Waals surface area contributed by atoms with Gasteiger partial charge in [-0.05, 0) is 50.2 Å². The number of amides is 1. The molecule has 0 aliphatic carbocycles. The number of aryl methyl sites for hydroxylation is 2. The van der Waals surface area contributed by atoms with Crippen LogP contribution in [0.5, 0.6) is 5.75 Å². The van der Waals surface area contributed by atoms with Gasteiger partial charge in [-0.2, -0.15) is 5.26 Å². The summed E-state index contributed by atoms with van der Waals surface area (Å²) in [6.07, 6.45) is 0. The predicted molar refractivity (Wildman–Crippen MR) is 99.9 cm³/mol. The van der Waals surface area contributed by atoms with Crippen LogP contribution in [-0.4, -0.2) is 18.1 Å². The molecule has 1 aromatic heterocycles. The summed E-state index contributed by atoms with van der Waals surface area (Å²) in [5.74, 6) is 0.148. The maximum atomic E-state index is 12.4. The fourth-order valence-electron chi connectivity index (χ4n) is 2.26. The van der Waals surface area contributed by atoms with Crippen molar-refractivity contribution in [3.8, 4) is 11.8 Å². The SMILES string of the molecule is COc1c(C)cccc1C(=O)NC(=S)Nc1sc(C)c(C)c1C#N. The number of benzene rings is 1. The molecule has 0 bridgehead atoms. The summed E-state index contributed by atoms with van der Waals surface area (Å²) in [7, 11) is 1.52. The Morgan fingerprint density at radius 2 is 2.04 bits per heavy atom. The minimum Gasteiger partial charge on any atom is -0.496 e. The van der Waals surface area contributed by atoms with E-state index < -0.39 is 0 Å². The molecule has 1 amide bonds. The lowest BCUT2D eigenvalue weighted by molar-refractivity contribution is 0.0974. The Balaban J connectivity index is 2.17. The number of nitrogens with zero attached hydrogens (tertiary/aromatic N) is 1. The molecule has 5 nitrogen and oxygen atoms in total. The van der Waals surface area contributed by atoms with Crippen LogP contribution in [0.15, 0.2) is 18.2 Å². The second kappa shape index (κ2) is 7.43. The summed E-state index contributed by atoms with van der Waals surface area (Å²) >= 11 is 6.63. The van der Waals surface area contributed by atoms with E-state index in [0.717, 1.165) is 16.0 Å². The zero-order valence-electron chi connectivity index (χ0n) is 13.8. The van der Waals surface area contributed by atoms with Crippen LogP contribution in [0.4, 0.5) is 5.00 Å². The van der Waals surface area contributed by atoms with Crippen LogP contribution in [0, 0.1) is 32.1 Å². The first kappa shape index (κ1) is 17.9. The van der Waals surface area contributed by atoms with Crippen LogP contribution in [0.2, 0.25) is 0 Å². The summed E-state index contributed by atoms with van der Waals surface area (Å²) < 4.78 is 5.29. The monoisotopic (exact) mass is 359 g/mol. The third kappa shape index (κ3) is 3.55. The lowest BCUT2D eigenvalue weighted by atomic mass is 10.1. The van der Waals surface area contributed by atoms with Crippen LogP contribution < -0.4 is 15.4 Å². The van der Waals surface area contributed by atoms with E-state index in [1.165, 1.54) is 18.4 Å². The number of anilines is 1. The molecule has 0 unspecified atom stereocenters. The smallest absolute Gasteiger partial charge is 0.261 e. The van der Waals surface area contributed by atoms with Gasteiger partial charge in [0.15, 0.2) is 5.11 Å². The molecule has 24 heavy (non-hydrogen) atoms. The number of nitrogens with one attached hydrogen (secondary N) is 2. The zero-order valence-corrected chi connectivity index (χ0v) is 15.4. The van der Waals surface area contributed by atoms with Crippen molar-refractivity contribution in [3.63, 3.8) is 0 Å². The molecule has 0 atom stereocenters. The highest BCUT2D eigenvalue weighted by atomic mass is 32.1. The van der Waals surface area contributed by atoms with Crippen molar-refractivity contribution in [2.45, 2.75) is 20.8 Å². The van der Waals surface area contributed by atoms with Crippen molar-refractivity contribution < 1.29 is 9.53 Å². The van der Waals surface area contributed by atoms with Crippen molar-refractivity contribution in [1.29, 1.82) is 5.26 Å². The van der Waals surface area contributed by atoms with E-state index in [9.17, 15) is 10.1 Å². The topological polar surface area (TPSA) is 74.2 Å². The van der Waals surface area contributed by atoms with Crippen molar-refractivity contribution in [2.75, 3.05) is 12.4 Å². The fraction of sp³-hybridized carbons (Fsp3) is 0.235. The number of thiophene rings is 1. The van der Waals surface area contributed by atoms with E-state index in [0.29, 0.717) is 21.9 Å². The molecule has 1 heterocycles. The lowest BCUT2D eigenvalue weighted by Gasteiger charge is -2.12. The first-order valence-corrected chi connectivity index (χ1v) is 8.37. The fourth-order valence-corrected chi connectivity index (χ4v) is 3.53. The van der Waals surface area contributed by atoms with Gasteiger partial charge < -0.3 is 10.1 Å². The highest BCUT2D eigenvalue weighted by molar-refractivity contribution is 7.80. The van der Waals surface area contributed by atoms with Crippen LogP contribution in [0.25, 0.3) is 0 Å². The molecule has 1 aromatic carbocycles. The van der Waals surface area contributed by atoms with Crippen molar-refractivity contribution >= 4 is 39.6 Å². The number of carbonyl (C=O) groups is 1. The second-order valence-electron chi connectivity index (χ2n) is 5.16. The Kier molecular flexibility index (Phi) is 5.54. The van der Waals surface area contributed by atoms with Gasteiger partial charge in [0.05, 0.1) is 18.2 Å². The third-order valence-corrected chi connectivity index (χ3v) is 4.94. The molecule has 7 heteroatoms. The molecular formula is C17H17N3O2S2. The van der Waals surface area contributed by atoms with Crippen LogP contribution >= 0.6 is 23.6 Å². The van der Waals surface area contributed by atoms with Gasteiger partial charge in [0.1, 0.15) is 16.8 Å². The quantitative estimate of drug-likeness (QED) is 0.818. The van der Waals surface area contributed by atoms with Gasteiger partial charge in [-0.3, -0.25) is 10.1 Å². The molecule has 0 radical (unpaired) electrons. The standard InChI is InChI=1S/C17H17N3O2S2/c1-9-6-5-7-12(14(9)22-4)15(21)19-17(23)20-16-13(8-18)10(2)11(3)24-16/h5-7H,1-4H3,(H2,19,20,21,23). The number of hydrogen-bond donors (Lipinski definition) is 2. The normalized spacial score (nSPS) is 9.96. The van der Waals surface area contributed by atoms with E-state index in [-0.39, 0.29) is 11.0 Å². The molecule has 0 aliphatic rings. The molecule has 0 spiro atoms. The van der Waals surface area contributed by atoms with Gasteiger partial charge in [0.25, 0.3) is 5.91 Å². The zero-order chi connectivity index (χ0) is 17.9. The minimum absolute atomic E-state index is 0.140. The predicted octanol–water partition coefficient (Wildman–Crippen LogP) is 3.68. The molecule has 2 aromatic rings. The number of thiocarbonyl (C=S) groups is 1. The number of ether oxygens (including phenoxy) is 1. The Morgan fingerprint density at radius 3 is 2.67 bits per heavy atom. The minimum atomic E-state index is -0.364. The van der Waals surface area contributed by atoms with Gasteiger partial charge in [-0.25, -0.2) is 0 Å². The largest absolute Gasteiger partial charge is 0.496 e. The first-order chi connectivity index (χ1) is 11.4. The van der Waals surface area contributed by atoms with Gasteiger partial charge in [0.2, 0.25) is 0 Å². The van der Waals surface area contributed by atoms with Crippen LogP contribution in [0.1, 0.15) is 31.9 Å². The second-order valence-corrected chi connectivity index (χ2v) is 6.80. The first-order valence-electron chi connectivity index (χ1n) is 7.15. The summed E-state index contributed by atoms with van der Waals surface area (Å²) in [6, 6.07) is 7.47. The Hall–Kier alpha value is -2.43. The summed E-state index contributed by atoms with van der Waals surface area (Å²) in [5.41, 5.74) is 2.72. The van der Waals surface area contributed by atoms with Gasteiger partial charge in [-0.15, -0.1) is 11.3 Å². The number of rotatable bonds is 3. The highest BCUT2D eigenvalue weighted by Crippen LogP contribution is 2.31. The average molecular weight is 359 g/mol. The Morgan fingerprint density at radius 1 is 1.33 bits per heavy atom. The maximum absolute atomic E-state index is 12.4. The van der Waals surface area contributed by atoms with Crippen molar-refractivity contribution in [3.05, 3.63) is 45.3 Å². The Labute approximate surface area is 150 Å². The van der Waals surface area contributed by atoms with E-state index >= 15 is 0 Å². The molecule has 0 fully saturated rings. The van der Waals surface area contributed by atoms with Crippen LogP contribution in [0.3, 0.4) is 0 Å². The van der Waals surface area contributed by atoms with Gasteiger partial charge in [0, 0.05) is 4.88 Å². The summed E-state index contributed by atoms with van der Waals surface area (Å²) in [6.45, 7) is 5.68. The number of carbonyl (C=O) groups excluding carboxylic acids is 1. The van der Waals surface area contributed by atoms with E-state index in [1.54, 1.807) is 12.1 Å². The summed E-state index contributed by atoms with van der Waals surface area (Å²) in [5, 5.41) is 15.6. The number of para-hydroxylation sites is 1. The highest BCUT2D eigenvalue weighted by Gasteiger charge is 2.17. The Bertz CT molecular complexity index is 850. The number of nitriles is 1. The maximum Gasteiger partial charge on any atom is 0.261 e. The molecule has 2 N–H and O–H groups in total. The van der Waals surface area contributed by atoms with E-state index in [1.807, 2.05) is 26.8 Å². The number of hydrogen-bond acceptors (Lipinski definition) is 5. The molecule has 2 rings (SSSR count). The summed E-state index contributed by atoms with van der Waals surface area (Å²) in [4.78, 5) is 13.5. The molecule has 124 valence electrons. The van der Waals surface area contributed by atoms with Crippen LogP contribution in [-0.2, 0) is 0 Å². The van der Waals surface area contributed by atoms with Crippen molar-refractivity contribution in [2.24, 2.45) is 0 Å².